The summed E-state index contributed by atoms with van der Waals surface area (Å²) in [5.74, 6) is 3.59. The van der Waals surface area contributed by atoms with Gasteiger partial charge in [-0.15, -0.1) is 0 Å². The van der Waals surface area contributed by atoms with E-state index in [9.17, 15) is 0 Å². The predicted molar refractivity (Wildman–Crippen MR) is 75.9 cm³/mol. The smallest absolute Gasteiger partial charge is 0.124 e. The summed E-state index contributed by atoms with van der Waals surface area (Å²) in [6.45, 7) is 0.826. The third-order valence-corrected chi connectivity index (χ3v) is 5.03. The Bertz CT molecular complexity index is 406. The first-order chi connectivity index (χ1) is 8.33. The van der Waals surface area contributed by atoms with E-state index >= 15 is 0 Å². The van der Waals surface area contributed by atoms with E-state index in [1.165, 1.54) is 23.5 Å². The number of fused-ring (bicyclic) bond motifs is 1. The Balaban J connectivity index is 1.80. The molecule has 92 valence electrons. The fourth-order valence-electron chi connectivity index (χ4n) is 2.49. The molecule has 17 heavy (non-hydrogen) atoms. The second-order valence-electron chi connectivity index (χ2n) is 4.60. The first-order valence-corrected chi connectivity index (χ1v) is 8.04. The molecule has 2 aliphatic heterocycles. The Morgan fingerprint density at radius 2 is 2.29 bits per heavy atom. The maximum absolute atomic E-state index is 5.71. The van der Waals surface area contributed by atoms with E-state index in [0.717, 1.165) is 23.2 Å². The highest BCUT2D eigenvalue weighted by Crippen LogP contribution is 2.35. The Hall–Kier alpha value is -0.190. The van der Waals surface area contributed by atoms with Crippen LogP contribution in [-0.4, -0.2) is 24.2 Å². The van der Waals surface area contributed by atoms with Crippen molar-refractivity contribution in [2.45, 2.75) is 24.9 Å². The SMILES string of the molecule is Brc1ccc2c(c1)C(NC1CCSC1)CCO2. The molecule has 0 bridgehead atoms. The lowest BCUT2D eigenvalue weighted by atomic mass is 9.99. The van der Waals surface area contributed by atoms with Crippen molar-refractivity contribution in [1.82, 2.24) is 5.32 Å². The van der Waals surface area contributed by atoms with Gasteiger partial charge in [0.1, 0.15) is 5.75 Å². The van der Waals surface area contributed by atoms with Crippen molar-refractivity contribution in [3.63, 3.8) is 0 Å². The molecule has 3 rings (SSSR count). The van der Waals surface area contributed by atoms with Crippen LogP contribution < -0.4 is 10.1 Å². The number of hydrogen-bond donors (Lipinski definition) is 1. The van der Waals surface area contributed by atoms with Crippen molar-refractivity contribution < 1.29 is 4.74 Å². The molecule has 2 heterocycles. The van der Waals surface area contributed by atoms with Gasteiger partial charge in [-0.25, -0.2) is 0 Å². The van der Waals surface area contributed by atoms with Crippen molar-refractivity contribution in [2.75, 3.05) is 18.1 Å². The number of ether oxygens (including phenoxy) is 1. The molecule has 0 spiro atoms. The second-order valence-corrected chi connectivity index (χ2v) is 6.66. The molecule has 1 saturated heterocycles. The fourth-order valence-corrected chi connectivity index (χ4v) is 4.03. The van der Waals surface area contributed by atoms with Crippen molar-refractivity contribution in [2.24, 2.45) is 0 Å². The molecule has 1 aromatic carbocycles. The highest BCUT2D eigenvalue weighted by atomic mass is 79.9. The van der Waals surface area contributed by atoms with Crippen molar-refractivity contribution in [3.05, 3.63) is 28.2 Å². The molecule has 2 unspecified atom stereocenters. The minimum absolute atomic E-state index is 0.458. The van der Waals surface area contributed by atoms with E-state index in [2.05, 4.69) is 45.1 Å². The Kier molecular flexibility index (Phi) is 3.64. The van der Waals surface area contributed by atoms with Gasteiger partial charge in [-0.2, -0.15) is 11.8 Å². The average molecular weight is 314 g/mol. The van der Waals surface area contributed by atoms with Gasteiger partial charge in [0, 0.05) is 34.3 Å². The van der Waals surface area contributed by atoms with Gasteiger partial charge in [-0.05, 0) is 30.4 Å². The Morgan fingerprint density at radius 1 is 1.35 bits per heavy atom. The summed E-state index contributed by atoms with van der Waals surface area (Å²) in [5.41, 5.74) is 1.31. The summed E-state index contributed by atoms with van der Waals surface area (Å²) in [7, 11) is 0. The number of halogens is 1. The van der Waals surface area contributed by atoms with Crippen molar-refractivity contribution >= 4 is 27.7 Å². The van der Waals surface area contributed by atoms with Crippen LogP contribution >= 0.6 is 27.7 Å². The van der Waals surface area contributed by atoms with Crippen LogP contribution in [0.1, 0.15) is 24.4 Å². The third-order valence-electron chi connectivity index (χ3n) is 3.38. The minimum Gasteiger partial charge on any atom is -0.493 e. The maximum atomic E-state index is 5.71. The normalized spacial score (nSPS) is 27.6. The van der Waals surface area contributed by atoms with E-state index in [1.54, 1.807) is 0 Å². The number of benzene rings is 1. The maximum Gasteiger partial charge on any atom is 0.124 e. The Morgan fingerprint density at radius 3 is 3.12 bits per heavy atom. The van der Waals surface area contributed by atoms with E-state index in [-0.39, 0.29) is 0 Å². The van der Waals surface area contributed by atoms with E-state index in [0.29, 0.717) is 12.1 Å². The molecular formula is C13H16BrNOS. The summed E-state index contributed by atoms with van der Waals surface area (Å²) in [6.07, 6.45) is 2.37. The van der Waals surface area contributed by atoms with E-state index < -0.39 is 0 Å². The molecule has 2 aliphatic rings. The molecule has 2 nitrogen and oxygen atoms in total. The zero-order valence-corrected chi connectivity index (χ0v) is 12.0. The molecule has 0 saturated carbocycles. The van der Waals surface area contributed by atoms with Crippen molar-refractivity contribution in [3.8, 4) is 5.75 Å². The number of thioether (sulfide) groups is 1. The molecule has 1 fully saturated rings. The first-order valence-electron chi connectivity index (χ1n) is 6.09. The molecule has 4 heteroatoms. The lowest BCUT2D eigenvalue weighted by Gasteiger charge is -2.29. The molecule has 0 radical (unpaired) electrons. The predicted octanol–water partition coefficient (Wildman–Crippen LogP) is 3.37. The number of nitrogens with one attached hydrogen (secondary N) is 1. The van der Waals surface area contributed by atoms with Gasteiger partial charge in [-0.1, -0.05) is 15.9 Å². The summed E-state index contributed by atoms with van der Waals surface area (Å²) >= 11 is 5.60. The summed E-state index contributed by atoms with van der Waals surface area (Å²) < 4.78 is 6.84. The van der Waals surface area contributed by atoms with Gasteiger partial charge in [-0.3, -0.25) is 0 Å². The molecule has 0 aliphatic carbocycles. The Labute approximate surface area is 115 Å². The second kappa shape index (κ2) is 5.21. The van der Waals surface area contributed by atoms with Crippen LogP contribution in [0.3, 0.4) is 0 Å². The molecule has 0 aromatic heterocycles. The average Bonchev–Trinajstić information content (AvgIpc) is 2.83. The largest absolute Gasteiger partial charge is 0.493 e. The van der Waals surface area contributed by atoms with Gasteiger partial charge in [0.15, 0.2) is 0 Å². The summed E-state index contributed by atoms with van der Waals surface area (Å²) in [4.78, 5) is 0. The summed E-state index contributed by atoms with van der Waals surface area (Å²) in [5, 5.41) is 3.78. The highest BCUT2D eigenvalue weighted by Gasteiger charge is 2.25. The number of rotatable bonds is 2. The molecule has 1 N–H and O–H groups in total. The molecule has 2 atom stereocenters. The van der Waals surface area contributed by atoms with Gasteiger partial charge in [0.25, 0.3) is 0 Å². The zero-order chi connectivity index (χ0) is 11.7. The summed E-state index contributed by atoms with van der Waals surface area (Å²) in [6, 6.07) is 7.44. The van der Waals surface area contributed by atoms with Gasteiger partial charge >= 0.3 is 0 Å². The fraction of sp³-hybridized carbons (Fsp3) is 0.538. The van der Waals surface area contributed by atoms with Crippen molar-refractivity contribution in [1.29, 1.82) is 0 Å². The highest BCUT2D eigenvalue weighted by molar-refractivity contribution is 9.10. The van der Waals surface area contributed by atoms with Gasteiger partial charge in [0.05, 0.1) is 6.61 Å². The van der Waals surface area contributed by atoms with Crippen LogP contribution in [0.2, 0.25) is 0 Å². The van der Waals surface area contributed by atoms with E-state index in [4.69, 9.17) is 4.74 Å². The van der Waals surface area contributed by atoms with Crippen LogP contribution in [0, 0.1) is 0 Å². The standard InChI is InChI=1S/C13H16BrNOS/c14-9-1-2-13-11(7-9)12(3-5-16-13)15-10-4-6-17-8-10/h1-2,7,10,12,15H,3-6,8H2. The molecular weight excluding hydrogens is 298 g/mol. The third kappa shape index (κ3) is 2.64. The molecule has 0 amide bonds. The van der Waals surface area contributed by atoms with Crippen LogP contribution in [0.25, 0.3) is 0 Å². The topological polar surface area (TPSA) is 21.3 Å². The van der Waals surface area contributed by atoms with Gasteiger partial charge < -0.3 is 10.1 Å². The van der Waals surface area contributed by atoms with Crippen LogP contribution in [-0.2, 0) is 0 Å². The van der Waals surface area contributed by atoms with E-state index in [1.807, 2.05) is 6.07 Å². The minimum atomic E-state index is 0.458. The van der Waals surface area contributed by atoms with Crippen LogP contribution in [0.5, 0.6) is 5.75 Å². The quantitative estimate of drug-likeness (QED) is 0.904. The lowest BCUT2D eigenvalue weighted by molar-refractivity contribution is 0.246. The van der Waals surface area contributed by atoms with Gasteiger partial charge in [0.2, 0.25) is 0 Å². The molecule has 1 aromatic rings. The number of hydrogen-bond acceptors (Lipinski definition) is 3. The lowest BCUT2D eigenvalue weighted by Crippen LogP contribution is -2.35. The van der Waals surface area contributed by atoms with Crippen LogP contribution in [0.15, 0.2) is 22.7 Å². The zero-order valence-electron chi connectivity index (χ0n) is 9.62. The first kappa shape index (κ1) is 11.9. The monoisotopic (exact) mass is 313 g/mol. The van der Waals surface area contributed by atoms with Crippen LogP contribution in [0.4, 0.5) is 0 Å².